The Labute approximate surface area is 161 Å². The van der Waals surface area contributed by atoms with E-state index in [2.05, 4.69) is 13.0 Å². The van der Waals surface area contributed by atoms with Crippen LogP contribution in [0, 0.1) is 10.1 Å². The van der Waals surface area contributed by atoms with Crippen LogP contribution in [-0.2, 0) is 6.42 Å². The van der Waals surface area contributed by atoms with E-state index in [-0.39, 0.29) is 5.69 Å². The minimum absolute atomic E-state index is 0.0173. The minimum atomic E-state index is -0.415. The molecule has 0 atom stereocenters. The van der Waals surface area contributed by atoms with Gasteiger partial charge >= 0.3 is 0 Å². The summed E-state index contributed by atoms with van der Waals surface area (Å²) in [6, 6.07) is 24.1. The maximum Gasteiger partial charge on any atom is 0.271 e. The van der Waals surface area contributed by atoms with Gasteiger partial charge in [-0.25, -0.2) is 4.99 Å². The van der Waals surface area contributed by atoms with Crippen LogP contribution < -0.4 is 5.36 Å². The average Bonchev–Trinajstić information content (AvgIpc) is 2.74. The average molecular weight is 370 g/mol. The van der Waals surface area contributed by atoms with E-state index in [1.165, 1.54) is 17.7 Å². The lowest BCUT2D eigenvalue weighted by Gasteiger charge is -2.06. The molecule has 4 rings (SSSR count). The fourth-order valence-corrected chi connectivity index (χ4v) is 3.09. The Morgan fingerprint density at radius 2 is 1.79 bits per heavy atom. The molecule has 1 heterocycles. The number of nitro benzene ring substituents is 1. The predicted molar refractivity (Wildman–Crippen MR) is 109 cm³/mol. The van der Waals surface area contributed by atoms with E-state index in [1.807, 2.05) is 48.5 Å². The van der Waals surface area contributed by atoms with Gasteiger partial charge in [-0.2, -0.15) is 0 Å². The molecular weight excluding hydrogens is 352 g/mol. The minimum Gasteiger partial charge on any atom is -0.456 e. The lowest BCUT2D eigenvalue weighted by molar-refractivity contribution is -0.384. The second-order valence-corrected chi connectivity index (χ2v) is 6.43. The van der Waals surface area contributed by atoms with Crippen molar-refractivity contribution in [2.45, 2.75) is 13.3 Å². The lowest BCUT2D eigenvalue weighted by atomic mass is 10.1. The molecule has 0 aliphatic rings. The molecule has 0 fully saturated rings. The number of benzene rings is 3. The first-order chi connectivity index (χ1) is 13.6. The number of rotatable bonds is 4. The van der Waals surface area contributed by atoms with E-state index >= 15 is 0 Å². The van der Waals surface area contributed by atoms with Gasteiger partial charge in [0.2, 0.25) is 0 Å². The molecule has 0 saturated carbocycles. The highest BCUT2D eigenvalue weighted by molar-refractivity contribution is 5.79. The topological polar surface area (TPSA) is 68.6 Å². The van der Waals surface area contributed by atoms with E-state index in [1.54, 1.807) is 12.1 Å². The van der Waals surface area contributed by atoms with Crippen LogP contribution in [0.15, 0.2) is 88.3 Å². The first-order valence-electron chi connectivity index (χ1n) is 9.05. The van der Waals surface area contributed by atoms with Crippen molar-refractivity contribution in [3.63, 3.8) is 0 Å². The molecule has 3 aromatic carbocycles. The summed E-state index contributed by atoms with van der Waals surface area (Å²) in [7, 11) is 0. The Morgan fingerprint density at radius 1 is 0.964 bits per heavy atom. The summed E-state index contributed by atoms with van der Waals surface area (Å²) in [4.78, 5) is 15.4. The molecule has 4 aromatic rings. The van der Waals surface area contributed by atoms with Gasteiger partial charge in [-0.3, -0.25) is 10.1 Å². The van der Waals surface area contributed by atoms with Crippen molar-refractivity contribution in [3.8, 4) is 11.3 Å². The quantitative estimate of drug-likeness (QED) is 0.336. The van der Waals surface area contributed by atoms with Gasteiger partial charge in [0.1, 0.15) is 11.3 Å². The van der Waals surface area contributed by atoms with E-state index < -0.39 is 4.92 Å². The zero-order valence-corrected chi connectivity index (χ0v) is 15.3. The second kappa shape index (κ2) is 7.48. The Morgan fingerprint density at radius 3 is 2.54 bits per heavy atom. The maximum atomic E-state index is 11.1. The van der Waals surface area contributed by atoms with Crippen molar-refractivity contribution in [1.82, 2.24) is 0 Å². The lowest BCUT2D eigenvalue weighted by Crippen LogP contribution is -2.04. The van der Waals surface area contributed by atoms with E-state index in [0.717, 1.165) is 28.3 Å². The molecule has 0 spiro atoms. The van der Waals surface area contributed by atoms with Crippen LogP contribution in [0.5, 0.6) is 0 Å². The number of fused-ring (bicyclic) bond motifs is 1. The summed E-state index contributed by atoms with van der Waals surface area (Å²) < 4.78 is 6.12. The summed E-state index contributed by atoms with van der Waals surface area (Å²) in [5.41, 5.74) is 3.39. The van der Waals surface area contributed by atoms with Gasteiger partial charge in [0.25, 0.3) is 5.69 Å². The van der Waals surface area contributed by atoms with Crippen molar-refractivity contribution in [2.24, 2.45) is 4.99 Å². The van der Waals surface area contributed by atoms with Crippen molar-refractivity contribution in [3.05, 3.63) is 99.9 Å². The molecule has 0 radical (unpaired) electrons. The number of nitro groups is 1. The van der Waals surface area contributed by atoms with Crippen LogP contribution in [0.1, 0.15) is 12.5 Å². The molecule has 0 saturated heterocycles. The zero-order valence-electron chi connectivity index (χ0n) is 15.3. The molecule has 1 aromatic heterocycles. The van der Waals surface area contributed by atoms with Gasteiger partial charge in [-0.05, 0) is 30.2 Å². The standard InChI is InChI=1S/C23H18N2O3/c1-2-16-11-12-22-20(13-16)21(15-23(28-22)17-7-4-3-5-8-17)24-18-9-6-10-19(14-18)25(26)27/h3-15H,2H2,1H3. The fourth-order valence-electron chi connectivity index (χ4n) is 3.09. The number of aryl methyl sites for hydroxylation is 1. The van der Waals surface area contributed by atoms with E-state index in [0.29, 0.717) is 11.4 Å². The smallest absolute Gasteiger partial charge is 0.271 e. The highest BCUT2D eigenvalue weighted by Gasteiger charge is 2.08. The highest BCUT2D eigenvalue weighted by atomic mass is 16.6. The third kappa shape index (κ3) is 3.55. The molecule has 0 amide bonds. The van der Waals surface area contributed by atoms with Gasteiger partial charge in [-0.15, -0.1) is 0 Å². The molecule has 0 aliphatic heterocycles. The maximum absolute atomic E-state index is 11.1. The number of hydrogen-bond acceptors (Lipinski definition) is 4. The molecule has 0 aliphatic carbocycles. The van der Waals surface area contributed by atoms with Gasteiger partial charge in [0, 0.05) is 29.1 Å². The molecule has 0 bridgehead atoms. The van der Waals surface area contributed by atoms with Crippen LogP contribution in [0.25, 0.3) is 22.3 Å². The highest BCUT2D eigenvalue weighted by Crippen LogP contribution is 2.24. The van der Waals surface area contributed by atoms with E-state index in [9.17, 15) is 10.1 Å². The van der Waals surface area contributed by atoms with Crippen molar-refractivity contribution >= 4 is 22.3 Å². The van der Waals surface area contributed by atoms with Gasteiger partial charge in [-0.1, -0.05) is 49.4 Å². The summed E-state index contributed by atoms with van der Waals surface area (Å²) in [6.45, 7) is 2.09. The number of hydrogen-bond donors (Lipinski definition) is 0. The van der Waals surface area contributed by atoms with Gasteiger partial charge in [0.05, 0.1) is 16.0 Å². The molecule has 5 nitrogen and oxygen atoms in total. The normalized spacial score (nSPS) is 11.7. The van der Waals surface area contributed by atoms with Crippen LogP contribution in [0.2, 0.25) is 0 Å². The summed E-state index contributed by atoms with van der Waals surface area (Å²) in [6.07, 6.45) is 0.895. The Hall–Kier alpha value is -3.73. The molecule has 0 unspecified atom stereocenters. The fraction of sp³-hybridized carbons (Fsp3) is 0.0870. The Kier molecular flexibility index (Phi) is 4.72. The van der Waals surface area contributed by atoms with Crippen molar-refractivity contribution < 1.29 is 9.34 Å². The molecule has 28 heavy (non-hydrogen) atoms. The zero-order chi connectivity index (χ0) is 19.5. The SMILES string of the molecule is CCc1ccc2oc(-c3ccccc3)cc(=Nc3cccc([N+](=O)[O-])c3)c2c1. The van der Waals surface area contributed by atoms with Crippen molar-refractivity contribution in [2.75, 3.05) is 0 Å². The summed E-state index contributed by atoms with van der Waals surface area (Å²) in [5, 5.41) is 12.7. The molecular formula is C23H18N2O3. The summed E-state index contributed by atoms with van der Waals surface area (Å²) in [5.74, 6) is 0.696. The van der Waals surface area contributed by atoms with Gasteiger partial charge in [0.15, 0.2) is 0 Å². The van der Waals surface area contributed by atoms with Crippen LogP contribution in [-0.4, -0.2) is 4.92 Å². The van der Waals surface area contributed by atoms with Crippen molar-refractivity contribution in [1.29, 1.82) is 0 Å². The first kappa shape index (κ1) is 17.7. The van der Waals surface area contributed by atoms with Crippen LogP contribution in [0.3, 0.4) is 0 Å². The molecule has 5 heteroatoms. The predicted octanol–water partition coefficient (Wildman–Crippen LogP) is 5.80. The van der Waals surface area contributed by atoms with Crippen LogP contribution in [0.4, 0.5) is 11.4 Å². The number of non-ortho nitro benzene ring substituents is 1. The Bertz CT molecular complexity index is 1230. The Balaban J connectivity index is 1.99. The first-order valence-corrected chi connectivity index (χ1v) is 9.05. The molecule has 138 valence electrons. The van der Waals surface area contributed by atoms with Crippen LogP contribution >= 0.6 is 0 Å². The largest absolute Gasteiger partial charge is 0.456 e. The molecule has 0 N–H and O–H groups in total. The van der Waals surface area contributed by atoms with Gasteiger partial charge < -0.3 is 4.42 Å². The van der Waals surface area contributed by atoms with E-state index in [4.69, 9.17) is 9.41 Å². The summed E-state index contributed by atoms with van der Waals surface area (Å²) >= 11 is 0. The third-order valence-electron chi connectivity index (χ3n) is 4.56. The second-order valence-electron chi connectivity index (χ2n) is 6.43. The number of nitrogens with zero attached hydrogens (tertiary/aromatic N) is 2. The monoisotopic (exact) mass is 370 g/mol. The third-order valence-corrected chi connectivity index (χ3v) is 4.56.